The Morgan fingerprint density at radius 2 is 1.57 bits per heavy atom. The zero-order valence-electron chi connectivity index (χ0n) is 15.8. The number of esters is 2. The van der Waals surface area contributed by atoms with Crippen molar-refractivity contribution in [1.29, 1.82) is 0 Å². The summed E-state index contributed by atoms with van der Waals surface area (Å²) in [4.78, 5) is 50.4. The molecule has 9 nitrogen and oxygen atoms in total. The monoisotopic (exact) mass is 385 g/mol. The molecule has 1 aliphatic heterocycles. The molecule has 0 amide bonds. The Bertz CT molecular complexity index is 1110. The van der Waals surface area contributed by atoms with Crippen molar-refractivity contribution in [3.8, 4) is 0 Å². The molecule has 0 spiro atoms. The fraction of sp³-hybridized carbons (Fsp3) is 0.263. The molecule has 0 radical (unpaired) electrons. The number of nitrogens with zero attached hydrogens (tertiary/aromatic N) is 2. The van der Waals surface area contributed by atoms with E-state index in [4.69, 9.17) is 9.47 Å². The number of ether oxygens (including phenoxy) is 2. The van der Waals surface area contributed by atoms with Crippen LogP contribution >= 0.6 is 0 Å². The highest BCUT2D eigenvalue weighted by atomic mass is 16.5. The van der Waals surface area contributed by atoms with Crippen LogP contribution in [0.3, 0.4) is 0 Å². The summed E-state index contributed by atoms with van der Waals surface area (Å²) in [6.07, 6.45) is 0. The van der Waals surface area contributed by atoms with Gasteiger partial charge in [-0.05, 0) is 5.56 Å². The van der Waals surface area contributed by atoms with Crippen LogP contribution in [0.25, 0.3) is 0 Å². The number of fused-ring (bicyclic) bond motifs is 1. The SMILES string of the molecule is COC(=O)C1=C(C(=O)OC)C(c2ccccc2)c2c(n(C)c(=O)n(C)c2=O)N1. The van der Waals surface area contributed by atoms with E-state index in [9.17, 15) is 19.2 Å². The largest absolute Gasteiger partial charge is 0.466 e. The molecule has 1 N–H and O–H groups in total. The van der Waals surface area contributed by atoms with Crippen LogP contribution in [-0.4, -0.2) is 35.3 Å². The third-order valence-corrected chi connectivity index (χ3v) is 4.72. The average Bonchev–Trinajstić information content (AvgIpc) is 2.74. The van der Waals surface area contributed by atoms with E-state index in [1.165, 1.54) is 32.9 Å². The van der Waals surface area contributed by atoms with Crippen LogP contribution < -0.4 is 16.6 Å². The number of benzene rings is 1. The highest BCUT2D eigenvalue weighted by molar-refractivity contribution is 6.05. The molecule has 1 aromatic carbocycles. The van der Waals surface area contributed by atoms with E-state index in [2.05, 4.69) is 5.32 Å². The summed E-state index contributed by atoms with van der Waals surface area (Å²) >= 11 is 0. The smallest absolute Gasteiger partial charge is 0.355 e. The maximum absolute atomic E-state index is 13.0. The van der Waals surface area contributed by atoms with Gasteiger partial charge in [-0.3, -0.25) is 13.9 Å². The van der Waals surface area contributed by atoms with Gasteiger partial charge in [-0.2, -0.15) is 0 Å². The normalized spacial score (nSPS) is 15.5. The topological polar surface area (TPSA) is 109 Å². The second-order valence-electron chi connectivity index (χ2n) is 6.21. The Morgan fingerprint density at radius 3 is 2.14 bits per heavy atom. The third kappa shape index (κ3) is 2.81. The third-order valence-electron chi connectivity index (χ3n) is 4.72. The van der Waals surface area contributed by atoms with E-state index >= 15 is 0 Å². The average molecular weight is 385 g/mol. The summed E-state index contributed by atoms with van der Waals surface area (Å²) in [5.74, 6) is -2.41. The van der Waals surface area contributed by atoms with Crippen molar-refractivity contribution in [2.24, 2.45) is 14.1 Å². The van der Waals surface area contributed by atoms with Gasteiger partial charge in [0.1, 0.15) is 11.5 Å². The van der Waals surface area contributed by atoms with Crippen molar-refractivity contribution in [3.05, 3.63) is 73.6 Å². The summed E-state index contributed by atoms with van der Waals surface area (Å²) < 4.78 is 11.8. The lowest BCUT2D eigenvalue weighted by Crippen LogP contribution is -2.44. The van der Waals surface area contributed by atoms with E-state index in [1.807, 2.05) is 0 Å². The van der Waals surface area contributed by atoms with Gasteiger partial charge in [0, 0.05) is 14.1 Å². The highest BCUT2D eigenvalue weighted by Crippen LogP contribution is 2.40. The first-order valence-corrected chi connectivity index (χ1v) is 8.36. The fourth-order valence-electron chi connectivity index (χ4n) is 3.33. The van der Waals surface area contributed by atoms with E-state index < -0.39 is 29.1 Å². The van der Waals surface area contributed by atoms with Crippen LogP contribution in [0.15, 0.2) is 51.2 Å². The zero-order valence-corrected chi connectivity index (χ0v) is 15.8. The van der Waals surface area contributed by atoms with E-state index in [-0.39, 0.29) is 22.7 Å². The molecular formula is C19H19N3O6. The summed E-state index contributed by atoms with van der Waals surface area (Å²) in [6.45, 7) is 0. The van der Waals surface area contributed by atoms with Crippen LogP contribution in [0.5, 0.6) is 0 Å². The van der Waals surface area contributed by atoms with Crippen LogP contribution in [0.1, 0.15) is 17.0 Å². The second-order valence-corrected chi connectivity index (χ2v) is 6.21. The van der Waals surface area contributed by atoms with Crippen molar-refractivity contribution >= 4 is 17.8 Å². The second kappa shape index (κ2) is 7.18. The molecule has 2 aromatic rings. The molecule has 1 aromatic heterocycles. The predicted molar refractivity (Wildman–Crippen MR) is 99.9 cm³/mol. The number of hydrogen-bond donors (Lipinski definition) is 1. The molecule has 9 heteroatoms. The van der Waals surface area contributed by atoms with Crippen LogP contribution in [-0.2, 0) is 33.2 Å². The first kappa shape index (κ1) is 19.2. The molecule has 3 rings (SSSR count). The lowest BCUT2D eigenvalue weighted by Gasteiger charge is -2.30. The van der Waals surface area contributed by atoms with E-state index in [1.54, 1.807) is 30.3 Å². The Labute approximate surface area is 159 Å². The van der Waals surface area contributed by atoms with Gasteiger partial charge < -0.3 is 14.8 Å². The van der Waals surface area contributed by atoms with E-state index in [0.29, 0.717) is 5.56 Å². The Morgan fingerprint density at radius 1 is 0.964 bits per heavy atom. The Kier molecular flexibility index (Phi) is 4.91. The molecule has 1 unspecified atom stereocenters. The highest BCUT2D eigenvalue weighted by Gasteiger charge is 2.40. The molecule has 0 saturated carbocycles. The molecule has 28 heavy (non-hydrogen) atoms. The molecule has 0 fully saturated rings. The number of rotatable bonds is 3. The van der Waals surface area contributed by atoms with E-state index in [0.717, 1.165) is 4.57 Å². The number of methoxy groups -OCH3 is 2. The molecule has 0 bridgehead atoms. The summed E-state index contributed by atoms with van der Waals surface area (Å²) in [6, 6.07) is 8.73. The predicted octanol–water partition coefficient (Wildman–Crippen LogP) is 0.241. The maximum atomic E-state index is 13.0. The van der Waals surface area contributed by atoms with Gasteiger partial charge in [0.25, 0.3) is 5.56 Å². The molecule has 146 valence electrons. The number of anilines is 1. The zero-order chi connectivity index (χ0) is 20.6. The summed E-state index contributed by atoms with van der Waals surface area (Å²) in [7, 11) is 5.17. The number of carbonyl (C=O) groups excluding carboxylic acids is 2. The minimum Gasteiger partial charge on any atom is -0.466 e. The van der Waals surface area contributed by atoms with Gasteiger partial charge in [-0.25, -0.2) is 14.4 Å². The molecule has 1 aliphatic rings. The number of carbonyl (C=O) groups is 2. The van der Waals surface area contributed by atoms with Crippen molar-refractivity contribution in [1.82, 2.24) is 9.13 Å². The quantitative estimate of drug-likeness (QED) is 0.754. The van der Waals surface area contributed by atoms with Crippen molar-refractivity contribution in [2.75, 3.05) is 19.5 Å². The Hall–Kier alpha value is -3.62. The van der Waals surface area contributed by atoms with Crippen LogP contribution in [0, 0.1) is 0 Å². The first-order valence-electron chi connectivity index (χ1n) is 8.36. The van der Waals surface area contributed by atoms with Gasteiger partial charge in [-0.15, -0.1) is 0 Å². The van der Waals surface area contributed by atoms with Gasteiger partial charge in [0.05, 0.1) is 31.3 Å². The minimum atomic E-state index is -0.926. The van der Waals surface area contributed by atoms with Gasteiger partial charge in [0.2, 0.25) is 0 Å². The van der Waals surface area contributed by atoms with Gasteiger partial charge in [0.15, 0.2) is 0 Å². The number of aromatic nitrogens is 2. The molecular weight excluding hydrogens is 366 g/mol. The summed E-state index contributed by atoms with van der Waals surface area (Å²) in [5.41, 5.74) is -0.659. The van der Waals surface area contributed by atoms with Crippen LogP contribution in [0.4, 0.5) is 5.82 Å². The van der Waals surface area contributed by atoms with Crippen molar-refractivity contribution in [2.45, 2.75) is 5.92 Å². The number of hydrogen-bond acceptors (Lipinski definition) is 7. The lowest BCUT2D eigenvalue weighted by atomic mass is 9.82. The minimum absolute atomic E-state index is 0.0659. The molecule has 2 heterocycles. The molecule has 0 saturated heterocycles. The van der Waals surface area contributed by atoms with Crippen molar-refractivity contribution < 1.29 is 19.1 Å². The first-order chi connectivity index (χ1) is 13.3. The number of nitrogens with one attached hydrogen (secondary N) is 1. The standard InChI is InChI=1S/C19H19N3O6/c1-21-15-13(16(23)22(2)19(21)26)11(10-8-6-5-7-9-10)12(17(24)27-3)14(20-15)18(25)28-4/h5-9,11,20H,1-4H3. The molecule has 1 atom stereocenters. The maximum Gasteiger partial charge on any atom is 0.355 e. The van der Waals surface area contributed by atoms with Gasteiger partial charge >= 0.3 is 17.6 Å². The van der Waals surface area contributed by atoms with Crippen LogP contribution in [0.2, 0.25) is 0 Å². The lowest BCUT2D eigenvalue weighted by molar-refractivity contribution is -0.139. The van der Waals surface area contributed by atoms with Gasteiger partial charge in [-0.1, -0.05) is 30.3 Å². The Balaban J connectivity index is 2.48. The molecule has 0 aliphatic carbocycles. The summed E-state index contributed by atoms with van der Waals surface area (Å²) in [5, 5.41) is 2.74. The van der Waals surface area contributed by atoms with Crippen molar-refractivity contribution in [3.63, 3.8) is 0 Å². The fourth-order valence-corrected chi connectivity index (χ4v) is 3.33.